The maximum Gasteiger partial charge on any atom is 0.196 e. The lowest BCUT2D eigenvalue weighted by Gasteiger charge is -2.25. The summed E-state index contributed by atoms with van der Waals surface area (Å²) < 4.78 is 0. The van der Waals surface area contributed by atoms with E-state index in [-0.39, 0.29) is 17.6 Å². The summed E-state index contributed by atoms with van der Waals surface area (Å²) in [4.78, 5) is 26.5. The van der Waals surface area contributed by atoms with Crippen molar-refractivity contribution < 1.29 is 9.59 Å². The molecular formula is C23H28N2O2. The standard InChI is InChI=1S/C23H28N2O2/c1-4-6-14-24-18-12-13-19(25-15(3)9-5-2)21-20(18)22(26)16-10-7-8-11-17(16)23(21)27/h7-8,10-13,15,24-25H,4-6,9,14H2,1-3H3. The molecule has 1 unspecified atom stereocenters. The minimum atomic E-state index is -0.0782. The Kier molecular flexibility index (Phi) is 5.94. The fourth-order valence-electron chi connectivity index (χ4n) is 3.66. The van der Waals surface area contributed by atoms with Gasteiger partial charge < -0.3 is 10.6 Å². The third kappa shape index (κ3) is 3.75. The van der Waals surface area contributed by atoms with Crippen LogP contribution in [0.15, 0.2) is 36.4 Å². The molecule has 0 saturated heterocycles. The summed E-state index contributed by atoms with van der Waals surface area (Å²) in [7, 11) is 0. The van der Waals surface area contributed by atoms with Crippen LogP contribution in [0.3, 0.4) is 0 Å². The zero-order chi connectivity index (χ0) is 19.4. The van der Waals surface area contributed by atoms with Gasteiger partial charge >= 0.3 is 0 Å². The Balaban J connectivity index is 2.10. The summed E-state index contributed by atoms with van der Waals surface area (Å²) in [5, 5.41) is 6.81. The molecule has 4 nitrogen and oxygen atoms in total. The highest BCUT2D eigenvalue weighted by Crippen LogP contribution is 2.36. The quantitative estimate of drug-likeness (QED) is 0.534. The first-order chi connectivity index (χ1) is 13.1. The molecule has 4 heteroatoms. The Morgan fingerprint density at radius 2 is 1.44 bits per heavy atom. The van der Waals surface area contributed by atoms with Crippen LogP contribution in [0.2, 0.25) is 0 Å². The predicted molar refractivity (Wildman–Crippen MR) is 111 cm³/mol. The molecular weight excluding hydrogens is 336 g/mol. The molecule has 0 saturated carbocycles. The van der Waals surface area contributed by atoms with E-state index < -0.39 is 0 Å². The first kappa shape index (κ1) is 19.2. The minimum Gasteiger partial charge on any atom is -0.384 e. The smallest absolute Gasteiger partial charge is 0.196 e. The zero-order valence-electron chi connectivity index (χ0n) is 16.4. The molecule has 2 N–H and O–H groups in total. The largest absolute Gasteiger partial charge is 0.384 e. The highest BCUT2D eigenvalue weighted by molar-refractivity contribution is 6.31. The highest BCUT2D eigenvalue weighted by Gasteiger charge is 2.33. The second kappa shape index (κ2) is 8.38. The van der Waals surface area contributed by atoms with Gasteiger partial charge in [-0.15, -0.1) is 0 Å². The molecule has 1 atom stereocenters. The number of benzene rings is 2. The molecule has 0 heterocycles. The van der Waals surface area contributed by atoms with Crippen LogP contribution in [-0.4, -0.2) is 24.2 Å². The van der Waals surface area contributed by atoms with Crippen molar-refractivity contribution in [3.05, 3.63) is 58.7 Å². The Bertz CT molecular complexity index is 857. The van der Waals surface area contributed by atoms with E-state index in [4.69, 9.17) is 0 Å². The van der Waals surface area contributed by atoms with Gasteiger partial charge in [-0.05, 0) is 31.9 Å². The van der Waals surface area contributed by atoms with Crippen LogP contribution < -0.4 is 10.6 Å². The van der Waals surface area contributed by atoms with Gasteiger partial charge in [0.2, 0.25) is 0 Å². The van der Waals surface area contributed by atoms with Crippen LogP contribution in [-0.2, 0) is 0 Å². The van der Waals surface area contributed by atoms with Crippen molar-refractivity contribution in [2.75, 3.05) is 17.2 Å². The van der Waals surface area contributed by atoms with E-state index in [0.717, 1.165) is 43.6 Å². The number of fused-ring (bicyclic) bond motifs is 2. The molecule has 1 aliphatic rings. The molecule has 142 valence electrons. The van der Waals surface area contributed by atoms with Crippen LogP contribution in [0.4, 0.5) is 11.4 Å². The maximum atomic E-state index is 13.3. The second-order valence-electron chi connectivity index (χ2n) is 7.23. The molecule has 0 aromatic heterocycles. The summed E-state index contributed by atoms with van der Waals surface area (Å²) in [5.74, 6) is -0.156. The second-order valence-corrected chi connectivity index (χ2v) is 7.23. The van der Waals surface area contributed by atoms with Crippen LogP contribution >= 0.6 is 0 Å². The Morgan fingerprint density at radius 3 is 2.04 bits per heavy atom. The van der Waals surface area contributed by atoms with Crippen molar-refractivity contribution in [1.82, 2.24) is 0 Å². The van der Waals surface area contributed by atoms with E-state index in [1.807, 2.05) is 24.3 Å². The summed E-state index contributed by atoms with van der Waals surface area (Å²) in [6.07, 6.45) is 4.15. The number of anilines is 2. The molecule has 0 bridgehead atoms. The van der Waals surface area contributed by atoms with Gasteiger partial charge in [0.05, 0.1) is 11.1 Å². The Morgan fingerprint density at radius 1 is 0.852 bits per heavy atom. The van der Waals surface area contributed by atoms with Crippen molar-refractivity contribution >= 4 is 22.9 Å². The number of carbonyl (C=O) groups is 2. The molecule has 0 aliphatic heterocycles. The molecule has 1 aliphatic carbocycles. The van der Waals surface area contributed by atoms with Gasteiger partial charge in [-0.25, -0.2) is 0 Å². The fraction of sp³-hybridized carbons (Fsp3) is 0.391. The van der Waals surface area contributed by atoms with Gasteiger partial charge in [-0.3, -0.25) is 9.59 Å². The van der Waals surface area contributed by atoms with Crippen molar-refractivity contribution in [3.8, 4) is 0 Å². The van der Waals surface area contributed by atoms with E-state index in [2.05, 4.69) is 31.4 Å². The minimum absolute atomic E-state index is 0.0778. The number of hydrogen-bond donors (Lipinski definition) is 2. The van der Waals surface area contributed by atoms with Crippen molar-refractivity contribution in [2.45, 2.75) is 52.5 Å². The van der Waals surface area contributed by atoms with E-state index in [0.29, 0.717) is 22.3 Å². The third-order valence-electron chi connectivity index (χ3n) is 5.05. The topological polar surface area (TPSA) is 58.2 Å². The number of rotatable bonds is 8. The van der Waals surface area contributed by atoms with Crippen LogP contribution in [0.25, 0.3) is 0 Å². The SMILES string of the molecule is CCCCNc1ccc(NC(C)CCC)c2c1C(=O)c1ccccc1C2=O. The number of ketones is 2. The molecule has 2 aromatic carbocycles. The first-order valence-electron chi connectivity index (χ1n) is 9.94. The molecule has 2 aromatic rings. The van der Waals surface area contributed by atoms with E-state index in [1.165, 1.54) is 0 Å². The molecule has 3 rings (SSSR count). The van der Waals surface area contributed by atoms with Gasteiger partial charge in [0, 0.05) is 35.1 Å². The Labute approximate surface area is 161 Å². The summed E-state index contributed by atoms with van der Waals surface area (Å²) in [5.41, 5.74) is 3.49. The van der Waals surface area contributed by atoms with E-state index >= 15 is 0 Å². The highest BCUT2D eigenvalue weighted by atomic mass is 16.1. The lowest BCUT2D eigenvalue weighted by Crippen LogP contribution is -2.26. The van der Waals surface area contributed by atoms with Crippen molar-refractivity contribution in [3.63, 3.8) is 0 Å². The monoisotopic (exact) mass is 364 g/mol. The Hall–Kier alpha value is -2.62. The lowest BCUT2D eigenvalue weighted by molar-refractivity contribution is 0.0980. The fourth-order valence-corrected chi connectivity index (χ4v) is 3.66. The van der Waals surface area contributed by atoms with Crippen molar-refractivity contribution in [1.29, 1.82) is 0 Å². The van der Waals surface area contributed by atoms with Gasteiger partial charge in [0.1, 0.15) is 0 Å². The zero-order valence-corrected chi connectivity index (χ0v) is 16.4. The molecule has 27 heavy (non-hydrogen) atoms. The molecule has 0 fully saturated rings. The first-order valence-corrected chi connectivity index (χ1v) is 9.94. The lowest BCUT2D eigenvalue weighted by atomic mass is 9.82. The van der Waals surface area contributed by atoms with Crippen LogP contribution in [0.5, 0.6) is 0 Å². The summed E-state index contributed by atoms with van der Waals surface area (Å²) in [6.45, 7) is 7.15. The van der Waals surface area contributed by atoms with E-state index in [9.17, 15) is 9.59 Å². The average molecular weight is 364 g/mol. The van der Waals surface area contributed by atoms with Crippen LogP contribution in [0, 0.1) is 0 Å². The maximum absolute atomic E-state index is 13.3. The average Bonchev–Trinajstić information content (AvgIpc) is 2.67. The van der Waals surface area contributed by atoms with Gasteiger partial charge in [-0.1, -0.05) is 51.0 Å². The number of hydrogen-bond acceptors (Lipinski definition) is 4. The molecule has 0 amide bonds. The summed E-state index contributed by atoms with van der Waals surface area (Å²) >= 11 is 0. The number of unbranched alkanes of at least 4 members (excludes halogenated alkanes) is 1. The number of carbonyl (C=O) groups excluding carboxylic acids is 2. The van der Waals surface area contributed by atoms with Gasteiger partial charge in [0.25, 0.3) is 0 Å². The van der Waals surface area contributed by atoms with Crippen LogP contribution in [0.1, 0.15) is 78.3 Å². The number of nitrogens with one attached hydrogen (secondary N) is 2. The summed E-state index contributed by atoms with van der Waals surface area (Å²) in [6, 6.07) is 11.2. The third-order valence-corrected chi connectivity index (χ3v) is 5.05. The van der Waals surface area contributed by atoms with Crippen molar-refractivity contribution in [2.24, 2.45) is 0 Å². The van der Waals surface area contributed by atoms with Gasteiger partial charge in [0.15, 0.2) is 11.6 Å². The van der Waals surface area contributed by atoms with Gasteiger partial charge in [-0.2, -0.15) is 0 Å². The normalized spacial score (nSPS) is 13.7. The van der Waals surface area contributed by atoms with E-state index in [1.54, 1.807) is 12.1 Å². The molecule has 0 spiro atoms. The molecule has 0 radical (unpaired) electrons. The predicted octanol–water partition coefficient (Wildman–Crippen LogP) is 5.27.